The van der Waals surface area contributed by atoms with Crippen molar-refractivity contribution in [1.29, 1.82) is 0 Å². The van der Waals surface area contributed by atoms with Gasteiger partial charge in [-0.25, -0.2) is 4.98 Å². The minimum absolute atomic E-state index is 0.617. The molecule has 1 saturated carbocycles. The first kappa shape index (κ1) is 13.5. The summed E-state index contributed by atoms with van der Waals surface area (Å²) < 4.78 is 14.6. The number of hydrogen-bond acceptors (Lipinski definition) is 4. The molecule has 0 unspecified atom stereocenters. The summed E-state index contributed by atoms with van der Waals surface area (Å²) >= 11 is 5.39. The van der Waals surface area contributed by atoms with Crippen molar-refractivity contribution in [1.82, 2.24) is 9.55 Å². The molecule has 0 saturated heterocycles. The highest BCUT2D eigenvalue weighted by molar-refractivity contribution is 9.10. The van der Waals surface area contributed by atoms with Gasteiger partial charge in [-0.05, 0) is 30.5 Å². The molecule has 0 N–H and O–H groups in total. The second-order valence-corrected chi connectivity index (χ2v) is 7.02. The van der Waals surface area contributed by atoms with Gasteiger partial charge in [-0.15, -0.1) is 0 Å². The van der Waals surface area contributed by atoms with Crippen LogP contribution in [-0.2, 0) is 5.75 Å². The SMILES string of the molecule is Brc1cc2c(cc1CSc1nccn1C1CC1)OCCO2. The van der Waals surface area contributed by atoms with E-state index in [1.807, 2.05) is 12.3 Å². The fourth-order valence-corrected chi connectivity index (χ4v) is 4.07. The first-order chi connectivity index (χ1) is 10.3. The van der Waals surface area contributed by atoms with Crippen LogP contribution >= 0.6 is 27.7 Å². The molecule has 1 fully saturated rings. The summed E-state index contributed by atoms with van der Waals surface area (Å²) in [5.41, 5.74) is 1.20. The maximum absolute atomic E-state index is 5.65. The van der Waals surface area contributed by atoms with E-state index in [1.54, 1.807) is 11.8 Å². The first-order valence-electron chi connectivity index (χ1n) is 7.05. The molecule has 1 aliphatic carbocycles. The van der Waals surface area contributed by atoms with Crippen molar-refractivity contribution in [3.63, 3.8) is 0 Å². The van der Waals surface area contributed by atoms with E-state index in [1.165, 1.54) is 18.4 Å². The predicted octanol–water partition coefficient (Wildman–Crippen LogP) is 4.04. The van der Waals surface area contributed by atoms with Crippen LogP contribution in [0.3, 0.4) is 0 Å². The zero-order valence-corrected chi connectivity index (χ0v) is 13.8. The predicted molar refractivity (Wildman–Crippen MR) is 85.2 cm³/mol. The highest BCUT2D eigenvalue weighted by atomic mass is 79.9. The Morgan fingerprint density at radius 2 is 2.00 bits per heavy atom. The van der Waals surface area contributed by atoms with Gasteiger partial charge in [0.25, 0.3) is 0 Å². The zero-order chi connectivity index (χ0) is 14.2. The third-order valence-corrected chi connectivity index (χ3v) is 5.41. The fraction of sp³-hybridized carbons (Fsp3) is 0.400. The van der Waals surface area contributed by atoms with Gasteiger partial charge < -0.3 is 14.0 Å². The molecule has 0 spiro atoms. The Balaban J connectivity index is 1.52. The van der Waals surface area contributed by atoms with Crippen molar-refractivity contribution in [2.45, 2.75) is 29.8 Å². The second kappa shape index (κ2) is 5.57. The fourth-order valence-electron chi connectivity index (χ4n) is 2.40. The maximum Gasteiger partial charge on any atom is 0.168 e. The van der Waals surface area contributed by atoms with Crippen molar-refractivity contribution in [3.8, 4) is 11.5 Å². The third-order valence-electron chi connectivity index (χ3n) is 3.64. The van der Waals surface area contributed by atoms with Crippen LogP contribution in [0.15, 0.2) is 34.2 Å². The molecule has 2 aliphatic rings. The Labute approximate surface area is 136 Å². The average molecular weight is 367 g/mol. The summed E-state index contributed by atoms with van der Waals surface area (Å²) in [6, 6.07) is 4.73. The molecular weight excluding hydrogens is 352 g/mol. The van der Waals surface area contributed by atoms with Gasteiger partial charge in [0.15, 0.2) is 16.7 Å². The molecule has 0 amide bonds. The van der Waals surface area contributed by atoms with Crippen LogP contribution in [-0.4, -0.2) is 22.8 Å². The normalized spacial score (nSPS) is 17.0. The van der Waals surface area contributed by atoms with E-state index in [0.717, 1.165) is 26.9 Å². The van der Waals surface area contributed by atoms with Gasteiger partial charge in [0.05, 0.1) is 0 Å². The van der Waals surface area contributed by atoms with Gasteiger partial charge in [0.2, 0.25) is 0 Å². The highest BCUT2D eigenvalue weighted by Crippen LogP contribution is 2.40. The lowest BCUT2D eigenvalue weighted by atomic mass is 10.2. The largest absolute Gasteiger partial charge is 0.486 e. The average Bonchev–Trinajstić information content (AvgIpc) is 3.24. The molecule has 21 heavy (non-hydrogen) atoms. The zero-order valence-electron chi connectivity index (χ0n) is 11.4. The van der Waals surface area contributed by atoms with E-state index < -0.39 is 0 Å². The van der Waals surface area contributed by atoms with Crippen molar-refractivity contribution in [2.75, 3.05) is 13.2 Å². The molecule has 0 bridgehead atoms. The quantitative estimate of drug-likeness (QED) is 0.765. The molecule has 2 aromatic rings. The summed E-state index contributed by atoms with van der Waals surface area (Å²) in [4.78, 5) is 4.46. The van der Waals surface area contributed by atoms with E-state index in [2.05, 4.69) is 37.7 Å². The summed E-state index contributed by atoms with van der Waals surface area (Å²) in [5.74, 6) is 2.52. The summed E-state index contributed by atoms with van der Waals surface area (Å²) in [6.45, 7) is 1.24. The standard InChI is InChI=1S/C15H15BrN2O2S/c16-12-8-14-13(19-5-6-20-14)7-10(12)9-21-15-17-3-4-18(15)11-1-2-11/h3-4,7-8,11H,1-2,5-6,9H2. The molecule has 1 aromatic heterocycles. The molecule has 1 aromatic carbocycles. The second-order valence-electron chi connectivity index (χ2n) is 5.22. The molecule has 4 rings (SSSR count). The molecule has 0 radical (unpaired) electrons. The molecule has 2 heterocycles. The number of aromatic nitrogens is 2. The van der Waals surface area contributed by atoms with Gasteiger partial charge in [-0.2, -0.15) is 0 Å². The van der Waals surface area contributed by atoms with Gasteiger partial charge in [-0.1, -0.05) is 27.7 Å². The Morgan fingerprint density at radius 1 is 1.24 bits per heavy atom. The van der Waals surface area contributed by atoms with Gasteiger partial charge in [-0.3, -0.25) is 0 Å². The summed E-state index contributed by atoms with van der Waals surface area (Å²) in [5, 5.41) is 1.10. The number of benzene rings is 1. The number of hydrogen-bond donors (Lipinski definition) is 0. The van der Waals surface area contributed by atoms with E-state index >= 15 is 0 Å². The van der Waals surface area contributed by atoms with Crippen LogP contribution in [0.5, 0.6) is 11.5 Å². The van der Waals surface area contributed by atoms with Gasteiger partial charge in [0.1, 0.15) is 13.2 Å². The maximum atomic E-state index is 5.65. The minimum atomic E-state index is 0.617. The van der Waals surface area contributed by atoms with Crippen LogP contribution in [0.1, 0.15) is 24.4 Å². The molecule has 6 heteroatoms. The van der Waals surface area contributed by atoms with E-state index in [4.69, 9.17) is 9.47 Å². The molecule has 4 nitrogen and oxygen atoms in total. The van der Waals surface area contributed by atoms with E-state index in [0.29, 0.717) is 19.3 Å². The van der Waals surface area contributed by atoms with Crippen molar-refractivity contribution in [3.05, 3.63) is 34.6 Å². The Hall–Kier alpha value is -1.14. The lowest BCUT2D eigenvalue weighted by Crippen LogP contribution is -2.15. The van der Waals surface area contributed by atoms with Crippen LogP contribution in [0.2, 0.25) is 0 Å². The van der Waals surface area contributed by atoms with E-state index in [9.17, 15) is 0 Å². The van der Waals surface area contributed by atoms with Crippen LogP contribution in [0.25, 0.3) is 0 Å². The summed E-state index contributed by atoms with van der Waals surface area (Å²) in [6.07, 6.45) is 6.52. The van der Waals surface area contributed by atoms with Gasteiger partial charge in [0, 0.05) is 28.7 Å². The molecule has 0 atom stereocenters. The van der Waals surface area contributed by atoms with Crippen LogP contribution in [0, 0.1) is 0 Å². The Bertz CT molecular complexity index is 670. The number of ether oxygens (including phenoxy) is 2. The smallest absolute Gasteiger partial charge is 0.168 e. The highest BCUT2D eigenvalue weighted by Gasteiger charge is 2.25. The number of fused-ring (bicyclic) bond motifs is 1. The first-order valence-corrected chi connectivity index (χ1v) is 8.83. The molecule has 110 valence electrons. The monoisotopic (exact) mass is 366 g/mol. The number of imidazole rings is 1. The molecule has 1 aliphatic heterocycles. The van der Waals surface area contributed by atoms with Crippen molar-refractivity contribution >= 4 is 27.7 Å². The lowest BCUT2D eigenvalue weighted by molar-refractivity contribution is 0.171. The number of thioether (sulfide) groups is 1. The van der Waals surface area contributed by atoms with E-state index in [-0.39, 0.29) is 0 Å². The lowest BCUT2D eigenvalue weighted by Gasteiger charge is -2.19. The Morgan fingerprint density at radius 3 is 2.76 bits per heavy atom. The molecular formula is C15H15BrN2O2S. The van der Waals surface area contributed by atoms with Crippen molar-refractivity contribution < 1.29 is 9.47 Å². The van der Waals surface area contributed by atoms with Crippen LogP contribution < -0.4 is 9.47 Å². The number of rotatable bonds is 4. The van der Waals surface area contributed by atoms with Crippen LogP contribution in [0.4, 0.5) is 0 Å². The topological polar surface area (TPSA) is 36.3 Å². The number of nitrogens with zero attached hydrogens (tertiary/aromatic N) is 2. The van der Waals surface area contributed by atoms with Gasteiger partial charge >= 0.3 is 0 Å². The summed E-state index contributed by atoms with van der Waals surface area (Å²) in [7, 11) is 0. The number of halogens is 1. The van der Waals surface area contributed by atoms with Crippen molar-refractivity contribution in [2.24, 2.45) is 0 Å². The minimum Gasteiger partial charge on any atom is -0.486 e. The Kier molecular flexibility index (Phi) is 3.59. The third kappa shape index (κ3) is 2.79.